The average molecular weight is 633 g/mol. The molecule has 0 aromatic heterocycles. The van der Waals surface area contributed by atoms with Crippen LogP contribution in [0.25, 0.3) is 22.3 Å². The van der Waals surface area contributed by atoms with E-state index in [9.17, 15) is 9.59 Å². The maximum Gasteiger partial charge on any atom is 0.338 e. The van der Waals surface area contributed by atoms with Crippen LogP contribution in [0.1, 0.15) is 59.7 Å². The third-order valence-electron chi connectivity index (χ3n) is 7.60. The molecule has 0 aliphatic heterocycles. The van der Waals surface area contributed by atoms with Crippen molar-refractivity contribution in [2.24, 2.45) is 5.92 Å². The van der Waals surface area contributed by atoms with Gasteiger partial charge in [0.05, 0.1) is 37.6 Å². The van der Waals surface area contributed by atoms with Crippen LogP contribution in [0.3, 0.4) is 0 Å². The van der Waals surface area contributed by atoms with Crippen molar-refractivity contribution in [3.8, 4) is 33.8 Å². The number of benzene rings is 4. The van der Waals surface area contributed by atoms with Gasteiger partial charge in [-0.05, 0) is 109 Å². The number of ether oxygens (including phenoxy) is 4. The van der Waals surface area contributed by atoms with Gasteiger partial charge in [0.15, 0.2) is 0 Å². The lowest BCUT2D eigenvalue weighted by molar-refractivity contribution is 0.0367. The fourth-order valence-electron chi connectivity index (χ4n) is 4.74. The van der Waals surface area contributed by atoms with E-state index in [0.717, 1.165) is 59.4 Å². The molecule has 0 bridgehead atoms. The first-order valence-corrected chi connectivity index (χ1v) is 16.2. The van der Waals surface area contributed by atoms with Gasteiger partial charge in [-0.1, -0.05) is 67.6 Å². The van der Waals surface area contributed by atoms with Crippen molar-refractivity contribution in [1.82, 2.24) is 0 Å². The van der Waals surface area contributed by atoms with Gasteiger partial charge >= 0.3 is 11.9 Å². The summed E-state index contributed by atoms with van der Waals surface area (Å²) in [6.45, 7) is 11.2. The largest absolute Gasteiger partial charge is 0.494 e. The lowest BCUT2D eigenvalue weighted by Crippen LogP contribution is -2.15. The van der Waals surface area contributed by atoms with E-state index in [0.29, 0.717) is 30.8 Å². The number of hydrogen-bond acceptors (Lipinski definition) is 6. The van der Waals surface area contributed by atoms with Crippen molar-refractivity contribution in [2.75, 3.05) is 26.4 Å². The van der Waals surface area contributed by atoms with E-state index in [1.807, 2.05) is 91.9 Å². The highest BCUT2D eigenvalue weighted by Gasteiger charge is 2.13. The van der Waals surface area contributed by atoms with E-state index < -0.39 is 0 Å². The lowest BCUT2D eigenvalue weighted by Gasteiger charge is -2.13. The Labute approximate surface area is 278 Å². The number of hydrogen-bond donors (Lipinski definition) is 0. The molecule has 0 amide bonds. The maximum atomic E-state index is 12.6. The molecule has 6 heteroatoms. The van der Waals surface area contributed by atoms with Crippen LogP contribution in [0, 0.1) is 5.92 Å². The number of carbonyl (C=O) groups is 2. The van der Waals surface area contributed by atoms with E-state index in [2.05, 4.69) is 13.2 Å². The predicted molar refractivity (Wildman–Crippen MR) is 188 cm³/mol. The Bertz CT molecular complexity index is 1550. The van der Waals surface area contributed by atoms with Crippen molar-refractivity contribution in [3.63, 3.8) is 0 Å². The van der Waals surface area contributed by atoms with Gasteiger partial charge in [0.2, 0.25) is 0 Å². The van der Waals surface area contributed by atoms with Crippen molar-refractivity contribution < 1.29 is 28.5 Å². The monoisotopic (exact) mass is 632 g/mol. The van der Waals surface area contributed by atoms with Crippen LogP contribution in [-0.4, -0.2) is 38.4 Å². The van der Waals surface area contributed by atoms with E-state index >= 15 is 0 Å². The molecule has 0 fully saturated rings. The zero-order valence-electron chi connectivity index (χ0n) is 27.2. The summed E-state index contributed by atoms with van der Waals surface area (Å²) in [4.78, 5) is 25.2. The fourth-order valence-corrected chi connectivity index (χ4v) is 4.74. The summed E-state index contributed by atoms with van der Waals surface area (Å²) in [6, 6.07) is 30.5. The molecule has 4 aromatic rings. The molecule has 0 radical (unpaired) electrons. The third kappa shape index (κ3) is 11.3. The first-order chi connectivity index (χ1) is 23.0. The molecular weight excluding hydrogens is 588 g/mol. The standard InChI is InChI=1S/C41H44O6/c1-4-6-8-27-44-38-22-18-34(19-23-38)32-10-14-36(15-11-32)40(42)46-29-26-31(3)30-47-41(43)37-16-12-33(13-17-37)35-20-24-39(25-21-35)45-28-9-7-5-2/h4-5,10-25,31H,1-2,6-9,26-30H2,3H3/t31-/m1/s1. The van der Waals surface area contributed by atoms with E-state index in [-0.39, 0.29) is 31.1 Å². The smallest absolute Gasteiger partial charge is 0.338 e. The van der Waals surface area contributed by atoms with E-state index in [4.69, 9.17) is 18.9 Å². The SMILES string of the molecule is C=CCCCOc1ccc(-c2ccc(C(=O)OCC[C@@H](C)COC(=O)c3ccc(-c4ccc(OCCCC=C)cc4)cc3)cc2)cc1. The van der Waals surface area contributed by atoms with Crippen molar-refractivity contribution >= 4 is 11.9 Å². The van der Waals surface area contributed by atoms with Gasteiger partial charge in [-0.3, -0.25) is 0 Å². The summed E-state index contributed by atoms with van der Waals surface area (Å²) in [6.07, 6.45) is 8.10. The van der Waals surface area contributed by atoms with Gasteiger partial charge in [-0.15, -0.1) is 13.2 Å². The summed E-state index contributed by atoms with van der Waals surface area (Å²) >= 11 is 0. The number of carbonyl (C=O) groups excluding carboxylic acids is 2. The molecule has 4 aromatic carbocycles. The minimum absolute atomic E-state index is 0.0276. The maximum absolute atomic E-state index is 12.6. The second-order valence-corrected chi connectivity index (χ2v) is 11.4. The van der Waals surface area contributed by atoms with Crippen LogP contribution in [0.4, 0.5) is 0 Å². The Morgan fingerprint density at radius 3 is 1.36 bits per heavy atom. The fraction of sp³-hybridized carbons (Fsp3) is 0.268. The van der Waals surface area contributed by atoms with Crippen molar-refractivity contribution in [2.45, 2.75) is 39.0 Å². The number of unbranched alkanes of at least 4 members (excludes halogenated alkanes) is 2. The van der Waals surface area contributed by atoms with Gasteiger partial charge in [-0.2, -0.15) is 0 Å². The number of allylic oxidation sites excluding steroid dienone is 2. The molecule has 47 heavy (non-hydrogen) atoms. The molecular formula is C41H44O6. The zero-order valence-corrected chi connectivity index (χ0v) is 27.2. The molecule has 0 unspecified atom stereocenters. The molecule has 0 saturated heterocycles. The Morgan fingerprint density at radius 2 is 0.957 bits per heavy atom. The lowest BCUT2D eigenvalue weighted by atomic mass is 10.0. The highest BCUT2D eigenvalue weighted by molar-refractivity contribution is 5.90. The van der Waals surface area contributed by atoms with Gasteiger partial charge in [0.1, 0.15) is 11.5 Å². The molecule has 1 atom stereocenters. The molecule has 6 nitrogen and oxygen atoms in total. The molecule has 0 aliphatic rings. The zero-order chi connectivity index (χ0) is 33.3. The third-order valence-corrected chi connectivity index (χ3v) is 7.60. The minimum Gasteiger partial charge on any atom is -0.494 e. The van der Waals surface area contributed by atoms with Gasteiger partial charge in [-0.25, -0.2) is 9.59 Å². The average Bonchev–Trinajstić information content (AvgIpc) is 3.11. The number of rotatable bonds is 19. The van der Waals surface area contributed by atoms with Crippen molar-refractivity contribution in [3.05, 3.63) is 133 Å². The predicted octanol–water partition coefficient (Wildman–Crippen LogP) is 9.75. The first-order valence-electron chi connectivity index (χ1n) is 16.2. The summed E-state index contributed by atoms with van der Waals surface area (Å²) in [5.41, 5.74) is 5.05. The number of esters is 2. The Kier molecular flexibility index (Phi) is 13.9. The Balaban J connectivity index is 1.15. The second kappa shape index (κ2) is 18.8. The van der Waals surface area contributed by atoms with E-state index in [1.165, 1.54) is 0 Å². The highest BCUT2D eigenvalue weighted by atomic mass is 16.5. The molecule has 244 valence electrons. The van der Waals surface area contributed by atoms with Crippen LogP contribution in [-0.2, 0) is 9.47 Å². The molecule has 0 N–H and O–H groups in total. The van der Waals surface area contributed by atoms with Crippen LogP contribution < -0.4 is 9.47 Å². The Morgan fingerprint density at radius 1 is 0.574 bits per heavy atom. The van der Waals surface area contributed by atoms with Crippen LogP contribution in [0.5, 0.6) is 11.5 Å². The summed E-state index contributed by atoms with van der Waals surface area (Å²) < 4.78 is 22.5. The summed E-state index contributed by atoms with van der Waals surface area (Å²) in [7, 11) is 0. The summed E-state index contributed by atoms with van der Waals surface area (Å²) in [5.74, 6) is 0.926. The van der Waals surface area contributed by atoms with Gasteiger partial charge in [0.25, 0.3) is 0 Å². The molecule has 4 rings (SSSR count). The second-order valence-electron chi connectivity index (χ2n) is 11.4. The highest BCUT2D eigenvalue weighted by Crippen LogP contribution is 2.25. The van der Waals surface area contributed by atoms with Gasteiger partial charge < -0.3 is 18.9 Å². The van der Waals surface area contributed by atoms with E-state index in [1.54, 1.807) is 24.3 Å². The topological polar surface area (TPSA) is 71.1 Å². The molecule has 0 heterocycles. The molecule has 0 saturated carbocycles. The molecule has 0 aliphatic carbocycles. The van der Waals surface area contributed by atoms with Crippen LogP contribution >= 0.6 is 0 Å². The Hall–Kier alpha value is -5.10. The normalized spacial score (nSPS) is 11.3. The molecule has 0 spiro atoms. The van der Waals surface area contributed by atoms with Crippen molar-refractivity contribution in [1.29, 1.82) is 0 Å². The first kappa shape index (κ1) is 34.8. The van der Waals surface area contributed by atoms with Crippen LogP contribution in [0.2, 0.25) is 0 Å². The minimum atomic E-state index is -0.380. The van der Waals surface area contributed by atoms with Gasteiger partial charge in [0, 0.05) is 0 Å². The quantitative estimate of drug-likeness (QED) is 0.0582. The van der Waals surface area contributed by atoms with Crippen LogP contribution in [0.15, 0.2) is 122 Å². The summed E-state index contributed by atoms with van der Waals surface area (Å²) in [5, 5.41) is 0.